The zero-order valence-electron chi connectivity index (χ0n) is 22.6. The van der Waals surface area contributed by atoms with Gasteiger partial charge in [0.2, 0.25) is 5.91 Å². The van der Waals surface area contributed by atoms with E-state index in [9.17, 15) is 9.18 Å². The first kappa shape index (κ1) is 27.4. The number of aromatic nitrogens is 2. The van der Waals surface area contributed by atoms with Crippen LogP contribution in [0.1, 0.15) is 38.5 Å². The normalized spacial score (nSPS) is 21.9. The molecule has 1 aromatic heterocycles. The lowest BCUT2D eigenvalue weighted by atomic mass is 9.88. The topological polar surface area (TPSA) is 79.8 Å². The van der Waals surface area contributed by atoms with Crippen LogP contribution in [0, 0.1) is 11.7 Å². The second-order valence-corrected chi connectivity index (χ2v) is 11.0. The smallest absolute Gasteiger partial charge is 0.226 e. The van der Waals surface area contributed by atoms with Crippen LogP contribution in [0.5, 0.6) is 11.5 Å². The molecule has 0 radical (unpaired) electrons. The number of ether oxygens (including phenoxy) is 2. The van der Waals surface area contributed by atoms with Crippen LogP contribution >= 0.6 is 11.6 Å². The molecule has 0 unspecified atom stereocenters. The molecule has 10 heteroatoms. The molecule has 2 aromatic carbocycles. The van der Waals surface area contributed by atoms with Gasteiger partial charge in [-0.3, -0.25) is 9.69 Å². The Kier molecular flexibility index (Phi) is 8.37. The molecular weight excluding hydrogens is 521 g/mol. The van der Waals surface area contributed by atoms with E-state index in [1.54, 1.807) is 24.1 Å². The van der Waals surface area contributed by atoms with Crippen molar-refractivity contribution in [3.63, 3.8) is 0 Å². The van der Waals surface area contributed by atoms with Gasteiger partial charge in [0.05, 0.1) is 35.4 Å². The average Bonchev–Trinajstić information content (AvgIpc) is 2.95. The number of nitrogens with zero attached hydrogens (tertiary/aromatic N) is 4. The summed E-state index contributed by atoms with van der Waals surface area (Å²) < 4.78 is 26.7. The van der Waals surface area contributed by atoms with Gasteiger partial charge < -0.3 is 19.7 Å². The van der Waals surface area contributed by atoms with Crippen molar-refractivity contribution in [1.29, 1.82) is 0 Å². The summed E-state index contributed by atoms with van der Waals surface area (Å²) in [5, 5.41) is 3.76. The van der Waals surface area contributed by atoms with E-state index in [4.69, 9.17) is 21.1 Å². The van der Waals surface area contributed by atoms with Crippen LogP contribution in [0.3, 0.4) is 0 Å². The number of rotatable bonds is 7. The van der Waals surface area contributed by atoms with Crippen LogP contribution in [0.15, 0.2) is 36.7 Å². The number of carbonyl (C=O) groups is 1. The fourth-order valence-corrected chi connectivity index (χ4v) is 5.93. The number of piperidine rings is 1. The van der Waals surface area contributed by atoms with Gasteiger partial charge in [0, 0.05) is 38.1 Å². The molecule has 8 nitrogen and oxygen atoms in total. The van der Waals surface area contributed by atoms with Crippen molar-refractivity contribution in [1.82, 2.24) is 19.8 Å². The number of amides is 1. The SMILES string of the molecule is COc1cc2ncnc(Nc3cccc(Cl)c3F)c2cc1O[C@H]1CC[C@@H](N2CCC[C@H](C(=O)N(C)C)C2)CC1. The van der Waals surface area contributed by atoms with E-state index >= 15 is 0 Å². The number of methoxy groups -OCH3 is 1. The van der Waals surface area contributed by atoms with Gasteiger partial charge in [0.25, 0.3) is 0 Å². The minimum atomic E-state index is -0.543. The Morgan fingerprint density at radius 2 is 1.92 bits per heavy atom. The van der Waals surface area contributed by atoms with Gasteiger partial charge in [-0.05, 0) is 63.3 Å². The highest BCUT2D eigenvalue weighted by atomic mass is 35.5. The molecule has 2 aliphatic rings. The maximum Gasteiger partial charge on any atom is 0.226 e. The summed E-state index contributed by atoms with van der Waals surface area (Å²) in [6.45, 7) is 1.89. The molecule has 1 saturated carbocycles. The molecule has 3 aromatic rings. The first-order valence-corrected chi connectivity index (χ1v) is 13.9. The van der Waals surface area contributed by atoms with Crippen molar-refractivity contribution in [3.8, 4) is 11.5 Å². The van der Waals surface area contributed by atoms with E-state index in [1.165, 1.54) is 12.4 Å². The Hall–Kier alpha value is -3.17. The number of anilines is 2. The highest BCUT2D eigenvalue weighted by molar-refractivity contribution is 6.31. The van der Waals surface area contributed by atoms with Gasteiger partial charge in [-0.1, -0.05) is 17.7 Å². The molecular formula is C29H35ClFN5O3. The Morgan fingerprint density at radius 1 is 1.13 bits per heavy atom. The lowest BCUT2D eigenvalue weighted by Gasteiger charge is -2.41. The number of hydrogen-bond acceptors (Lipinski definition) is 7. The van der Waals surface area contributed by atoms with Crippen molar-refractivity contribution in [2.75, 3.05) is 39.6 Å². The molecule has 2 heterocycles. The Labute approximate surface area is 233 Å². The second kappa shape index (κ2) is 11.9. The van der Waals surface area contributed by atoms with Crippen molar-refractivity contribution in [3.05, 3.63) is 47.5 Å². The fraction of sp³-hybridized carbons (Fsp3) is 0.483. The molecule has 1 atom stereocenters. The van der Waals surface area contributed by atoms with E-state index in [-0.39, 0.29) is 28.6 Å². The predicted octanol–water partition coefficient (Wildman–Crippen LogP) is 5.66. The molecule has 1 amide bonds. The molecule has 1 aliphatic heterocycles. The monoisotopic (exact) mass is 555 g/mol. The Morgan fingerprint density at radius 3 is 2.67 bits per heavy atom. The van der Waals surface area contributed by atoms with E-state index in [0.29, 0.717) is 34.3 Å². The summed E-state index contributed by atoms with van der Waals surface area (Å²) in [5.41, 5.74) is 0.876. The maximum absolute atomic E-state index is 14.6. The second-order valence-electron chi connectivity index (χ2n) is 10.6. The van der Waals surface area contributed by atoms with E-state index in [2.05, 4.69) is 20.2 Å². The lowest BCUT2D eigenvalue weighted by molar-refractivity contribution is -0.135. The minimum Gasteiger partial charge on any atom is -0.493 e. The minimum absolute atomic E-state index is 0.0315. The quantitative estimate of drug-likeness (QED) is 0.402. The Balaban J connectivity index is 1.29. The zero-order chi connectivity index (χ0) is 27.5. The number of carbonyl (C=O) groups excluding carboxylic acids is 1. The first-order chi connectivity index (χ1) is 18.8. The van der Waals surface area contributed by atoms with Crippen LogP contribution in [0.4, 0.5) is 15.9 Å². The molecule has 0 spiro atoms. The third-order valence-corrected chi connectivity index (χ3v) is 8.11. The number of benzene rings is 2. The molecule has 0 bridgehead atoms. The van der Waals surface area contributed by atoms with Crippen molar-refractivity contribution in [2.45, 2.75) is 50.7 Å². The highest BCUT2D eigenvalue weighted by Gasteiger charge is 2.33. The number of nitrogens with one attached hydrogen (secondary N) is 1. The zero-order valence-corrected chi connectivity index (χ0v) is 23.4. The molecule has 1 N–H and O–H groups in total. The standard InChI is InChI=1S/C29H35ClFN5O3/c1-35(2)29(37)18-6-5-13-36(16-18)19-9-11-20(12-10-19)39-26-14-21-24(15-25(26)38-3)32-17-33-28(21)34-23-8-4-7-22(30)27(23)31/h4,7-8,14-15,17-20H,5-6,9-13,16H2,1-3H3,(H,32,33,34)/t18-,19-,20+/m0/s1. The van der Waals surface area contributed by atoms with Crippen LogP contribution in [-0.4, -0.2) is 72.1 Å². The number of likely N-dealkylation sites (tertiary alicyclic amines) is 1. The van der Waals surface area contributed by atoms with Gasteiger partial charge in [-0.2, -0.15) is 0 Å². The predicted molar refractivity (Wildman–Crippen MR) is 150 cm³/mol. The van der Waals surface area contributed by atoms with Gasteiger partial charge >= 0.3 is 0 Å². The van der Waals surface area contributed by atoms with Crippen LogP contribution < -0.4 is 14.8 Å². The fourth-order valence-electron chi connectivity index (χ4n) is 5.76. The van der Waals surface area contributed by atoms with Gasteiger partial charge in [0.15, 0.2) is 17.3 Å². The lowest BCUT2D eigenvalue weighted by Crippen LogP contribution is -2.48. The summed E-state index contributed by atoms with van der Waals surface area (Å²) in [7, 11) is 5.28. The summed E-state index contributed by atoms with van der Waals surface area (Å²) in [6, 6.07) is 8.92. The average molecular weight is 556 g/mol. The van der Waals surface area contributed by atoms with E-state index in [1.807, 2.05) is 26.2 Å². The molecule has 5 rings (SSSR count). The molecule has 1 aliphatic carbocycles. The van der Waals surface area contributed by atoms with Crippen LogP contribution in [0.2, 0.25) is 5.02 Å². The van der Waals surface area contributed by atoms with Crippen molar-refractivity contribution < 1.29 is 18.7 Å². The van der Waals surface area contributed by atoms with Crippen molar-refractivity contribution in [2.24, 2.45) is 5.92 Å². The van der Waals surface area contributed by atoms with Crippen molar-refractivity contribution >= 4 is 39.9 Å². The molecule has 2 fully saturated rings. The number of hydrogen-bond donors (Lipinski definition) is 1. The summed E-state index contributed by atoms with van der Waals surface area (Å²) in [5.74, 6) is 1.42. The van der Waals surface area contributed by atoms with Gasteiger partial charge in [0.1, 0.15) is 12.1 Å². The molecule has 1 saturated heterocycles. The summed E-state index contributed by atoms with van der Waals surface area (Å²) in [4.78, 5) is 25.5. The van der Waals surface area contributed by atoms with Crippen LogP contribution in [0.25, 0.3) is 10.9 Å². The maximum atomic E-state index is 14.6. The van der Waals surface area contributed by atoms with Crippen LogP contribution in [-0.2, 0) is 4.79 Å². The first-order valence-electron chi connectivity index (χ1n) is 13.5. The molecule has 39 heavy (non-hydrogen) atoms. The molecule has 208 valence electrons. The van der Waals surface area contributed by atoms with E-state index in [0.717, 1.165) is 51.6 Å². The third kappa shape index (κ3) is 6.04. The number of halogens is 2. The summed E-state index contributed by atoms with van der Waals surface area (Å²) in [6.07, 6.45) is 7.37. The largest absolute Gasteiger partial charge is 0.493 e. The van der Waals surface area contributed by atoms with Gasteiger partial charge in [-0.25, -0.2) is 14.4 Å². The van der Waals surface area contributed by atoms with Gasteiger partial charge in [-0.15, -0.1) is 0 Å². The Bertz CT molecular complexity index is 1330. The summed E-state index contributed by atoms with van der Waals surface area (Å²) >= 11 is 5.96. The van der Waals surface area contributed by atoms with E-state index < -0.39 is 5.82 Å². The number of fused-ring (bicyclic) bond motifs is 1. The highest BCUT2D eigenvalue weighted by Crippen LogP contribution is 2.38. The third-order valence-electron chi connectivity index (χ3n) is 7.82.